The third-order valence-corrected chi connectivity index (χ3v) is 5.27. The topological polar surface area (TPSA) is 48.4 Å². The molecule has 0 amide bonds. The van der Waals surface area contributed by atoms with Crippen LogP contribution in [0.25, 0.3) is 16.6 Å². The molecule has 0 aliphatic carbocycles. The van der Waals surface area contributed by atoms with Gasteiger partial charge in [-0.05, 0) is 30.7 Å². The minimum absolute atomic E-state index is 0.370. The van der Waals surface area contributed by atoms with E-state index in [1.54, 1.807) is 17.4 Å². The second-order valence-corrected chi connectivity index (χ2v) is 7.00. The second-order valence-electron chi connectivity index (χ2n) is 5.92. The Morgan fingerprint density at radius 3 is 2.56 bits per heavy atom. The molecule has 0 saturated carbocycles. The Bertz CT molecular complexity index is 914. The largest absolute Gasteiger partial charge is 0.493 e. The van der Waals surface area contributed by atoms with Gasteiger partial charge >= 0.3 is 5.97 Å². The van der Waals surface area contributed by atoms with Crippen LogP contribution in [0, 0.1) is 6.92 Å². The van der Waals surface area contributed by atoms with E-state index in [2.05, 4.69) is 21.9 Å². The molecule has 27 heavy (non-hydrogen) atoms. The summed E-state index contributed by atoms with van der Waals surface area (Å²) in [6, 6.07) is 17.8. The predicted octanol–water partition coefficient (Wildman–Crippen LogP) is 4.93. The van der Waals surface area contributed by atoms with Crippen molar-refractivity contribution in [3.8, 4) is 16.3 Å². The summed E-state index contributed by atoms with van der Waals surface area (Å²) in [5.41, 5.74) is 3.12. The van der Waals surface area contributed by atoms with Crippen LogP contribution in [-0.2, 0) is 16.0 Å². The van der Waals surface area contributed by atoms with E-state index < -0.39 is 0 Å². The quantitative estimate of drug-likeness (QED) is 0.432. The molecule has 0 fully saturated rings. The number of carbonyl (C=O) groups is 1. The SMILES string of the molecule is COC(=O)C=Cc1ccc(OCCc2sc(-c3ccccc3)nc2C)cc1. The summed E-state index contributed by atoms with van der Waals surface area (Å²) in [6.45, 7) is 2.63. The van der Waals surface area contributed by atoms with Gasteiger partial charge in [0.15, 0.2) is 0 Å². The molecule has 0 saturated heterocycles. The lowest BCUT2D eigenvalue weighted by Crippen LogP contribution is -2.01. The maximum atomic E-state index is 11.1. The number of thiazole rings is 1. The number of benzene rings is 2. The molecule has 3 rings (SSSR count). The molecule has 0 unspecified atom stereocenters. The van der Waals surface area contributed by atoms with E-state index in [0.29, 0.717) is 6.61 Å². The molecule has 0 N–H and O–H groups in total. The highest BCUT2D eigenvalue weighted by molar-refractivity contribution is 7.15. The average Bonchev–Trinajstić information content (AvgIpc) is 3.08. The van der Waals surface area contributed by atoms with Crippen molar-refractivity contribution in [1.29, 1.82) is 0 Å². The normalized spacial score (nSPS) is 10.9. The maximum Gasteiger partial charge on any atom is 0.330 e. The Kier molecular flexibility index (Phi) is 6.39. The van der Waals surface area contributed by atoms with Gasteiger partial charge in [-0.1, -0.05) is 42.5 Å². The molecule has 0 aliphatic heterocycles. The molecule has 1 heterocycles. The van der Waals surface area contributed by atoms with Gasteiger partial charge in [-0.15, -0.1) is 11.3 Å². The lowest BCUT2D eigenvalue weighted by atomic mass is 10.2. The first-order chi connectivity index (χ1) is 13.2. The van der Waals surface area contributed by atoms with Crippen molar-refractivity contribution in [3.63, 3.8) is 0 Å². The van der Waals surface area contributed by atoms with Crippen LogP contribution in [0.5, 0.6) is 5.75 Å². The van der Waals surface area contributed by atoms with Crippen LogP contribution in [0.3, 0.4) is 0 Å². The first kappa shape index (κ1) is 18.9. The van der Waals surface area contributed by atoms with E-state index in [9.17, 15) is 4.79 Å². The summed E-state index contributed by atoms with van der Waals surface area (Å²) in [4.78, 5) is 17.0. The molecule has 1 aromatic heterocycles. The fourth-order valence-electron chi connectivity index (χ4n) is 2.53. The minimum Gasteiger partial charge on any atom is -0.493 e. The summed E-state index contributed by atoms with van der Waals surface area (Å²) in [7, 11) is 1.36. The Balaban J connectivity index is 1.55. The highest BCUT2D eigenvalue weighted by Crippen LogP contribution is 2.28. The number of ether oxygens (including phenoxy) is 2. The molecule has 2 aromatic carbocycles. The van der Waals surface area contributed by atoms with E-state index >= 15 is 0 Å². The molecular formula is C22H21NO3S. The molecule has 0 aliphatic rings. The van der Waals surface area contributed by atoms with Gasteiger partial charge in [-0.25, -0.2) is 9.78 Å². The van der Waals surface area contributed by atoms with E-state index in [-0.39, 0.29) is 5.97 Å². The van der Waals surface area contributed by atoms with Gasteiger partial charge in [-0.2, -0.15) is 0 Å². The molecule has 138 valence electrons. The van der Waals surface area contributed by atoms with Gasteiger partial charge < -0.3 is 9.47 Å². The third kappa shape index (κ3) is 5.28. The monoisotopic (exact) mass is 379 g/mol. The van der Waals surface area contributed by atoms with Gasteiger partial charge in [-0.3, -0.25) is 0 Å². The van der Waals surface area contributed by atoms with Gasteiger partial charge in [0.1, 0.15) is 10.8 Å². The van der Waals surface area contributed by atoms with Gasteiger partial charge in [0.2, 0.25) is 0 Å². The highest BCUT2D eigenvalue weighted by atomic mass is 32.1. The Hall–Kier alpha value is -2.92. The lowest BCUT2D eigenvalue weighted by Gasteiger charge is -2.05. The van der Waals surface area contributed by atoms with Crippen molar-refractivity contribution >= 4 is 23.4 Å². The van der Waals surface area contributed by atoms with Gasteiger partial charge in [0, 0.05) is 22.9 Å². The van der Waals surface area contributed by atoms with Crippen LogP contribution in [0.4, 0.5) is 0 Å². The van der Waals surface area contributed by atoms with Crippen molar-refractivity contribution in [2.45, 2.75) is 13.3 Å². The van der Waals surface area contributed by atoms with E-state index in [0.717, 1.165) is 34.0 Å². The number of carbonyl (C=O) groups excluding carboxylic acids is 1. The number of hydrogen-bond acceptors (Lipinski definition) is 5. The van der Waals surface area contributed by atoms with Gasteiger partial charge in [0.05, 0.1) is 19.4 Å². The summed E-state index contributed by atoms with van der Waals surface area (Å²) in [5.74, 6) is 0.431. The van der Waals surface area contributed by atoms with E-state index in [4.69, 9.17) is 4.74 Å². The zero-order valence-electron chi connectivity index (χ0n) is 15.3. The Morgan fingerprint density at radius 2 is 1.85 bits per heavy atom. The van der Waals surface area contributed by atoms with Crippen LogP contribution in [0.2, 0.25) is 0 Å². The van der Waals surface area contributed by atoms with Crippen LogP contribution in [0.15, 0.2) is 60.7 Å². The molecule has 4 nitrogen and oxygen atoms in total. The molecule has 0 atom stereocenters. The highest BCUT2D eigenvalue weighted by Gasteiger charge is 2.09. The van der Waals surface area contributed by atoms with Crippen molar-refractivity contribution < 1.29 is 14.3 Å². The lowest BCUT2D eigenvalue weighted by molar-refractivity contribution is -0.134. The number of esters is 1. The first-order valence-electron chi connectivity index (χ1n) is 8.66. The third-order valence-electron chi connectivity index (χ3n) is 4.00. The molecule has 0 radical (unpaired) electrons. The number of hydrogen-bond donors (Lipinski definition) is 0. The van der Waals surface area contributed by atoms with Crippen molar-refractivity contribution in [3.05, 3.63) is 76.8 Å². The summed E-state index contributed by atoms with van der Waals surface area (Å²) >= 11 is 1.72. The van der Waals surface area contributed by atoms with E-state index in [1.165, 1.54) is 18.1 Å². The molecule has 3 aromatic rings. The van der Waals surface area contributed by atoms with E-state index in [1.807, 2.05) is 49.4 Å². The minimum atomic E-state index is -0.370. The average molecular weight is 379 g/mol. The first-order valence-corrected chi connectivity index (χ1v) is 9.48. The van der Waals surface area contributed by atoms with Gasteiger partial charge in [0.25, 0.3) is 0 Å². The smallest absolute Gasteiger partial charge is 0.330 e. The zero-order chi connectivity index (χ0) is 19.1. The molecular weight excluding hydrogens is 358 g/mol. The fourth-order valence-corrected chi connectivity index (χ4v) is 3.58. The Labute approximate surface area is 163 Å². The van der Waals surface area contributed by atoms with Crippen LogP contribution in [0.1, 0.15) is 16.1 Å². The molecule has 5 heteroatoms. The zero-order valence-corrected chi connectivity index (χ0v) is 16.2. The number of rotatable bonds is 7. The Morgan fingerprint density at radius 1 is 1.11 bits per heavy atom. The summed E-state index contributed by atoms with van der Waals surface area (Å²) < 4.78 is 10.4. The predicted molar refractivity (Wildman–Crippen MR) is 109 cm³/mol. The summed E-state index contributed by atoms with van der Waals surface area (Å²) in [6.07, 6.45) is 3.93. The van der Waals surface area contributed by atoms with Crippen LogP contribution >= 0.6 is 11.3 Å². The second kappa shape index (κ2) is 9.14. The van der Waals surface area contributed by atoms with Crippen molar-refractivity contribution in [2.24, 2.45) is 0 Å². The molecule has 0 bridgehead atoms. The number of aryl methyl sites for hydroxylation is 1. The summed E-state index contributed by atoms with van der Waals surface area (Å²) in [5, 5.41) is 1.05. The van der Waals surface area contributed by atoms with Crippen LogP contribution in [-0.4, -0.2) is 24.7 Å². The van der Waals surface area contributed by atoms with Crippen molar-refractivity contribution in [2.75, 3.05) is 13.7 Å². The molecule has 0 spiro atoms. The number of methoxy groups -OCH3 is 1. The van der Waals surface area contributed by atoms with Crippen LogP contribution < -0.4 is 4.74 Å². The van der Waals surface area contributed by atoms with Crippen molar-refractivity contribution in [1.82, 2.24) is 4.98 Å². The standard InChI is InChI=1S/C22H21NO3S/c1-16-20(27-22(23-16)18-6-4-3-5-7-18)14-15-26-19-11-8-17(9-12-19)10-13-21(24)25-2/h3-13H,14-15H2,1-2H3. The maximum absolute atomic E-state index is 11.1. The fraction of sp³-hybridized carbons (Fsp3) is 0.182. The number of aromatic nitrogens is 1. The number of nitrogens with zero attached hydrogens (tertiary/aromatic N) is 1.